The predicted octanol–water partition coefficient (Wildman–Crippen LogP) is 5.32. The van der Waals surface area contributed by atoms with Gasteiger partial charge < -0.3 is 0 Å². The second-order valence-electron chi connectivity index (χ2n) is 4.81. The van der Waals surface area contributed by atoms with Crippen LogP contribution in [0.3, 0.4) is 0 Å². The molecule has 0 aliphatic heterocycles. The Morgan fingerprint density at radius 1 is 0.882 bits per heavy atom. The van der Waals surface area contributed by atoms with Crippen LogP contribution in [0.2, 0.25) is 0 Å². The molecule has 0 aromatic heterocycles. The fourth-order valence-corrected chi connectivity index (χ4v) is 2.07. The first-order valence-electron chi connectivity index (χ1n) is 7.05. The molecule has 0 atom stereocenters. The molecule has 0 radical (unpaired) electrons. The first kappa shape index (κ1) is 14.0. The highest BCUT2D eigenvalue weighted by molar-refractivity contribution is 5.22. The molecule has 0 spiro atoms. The van der Waals surface area contributed by atoms with E-state index in [0.717, 1.165) is 6.42 Å². The maximum absolute atomic E-state index is 3.75. The van der Waals surface area contributed by atoms with Crippen molar-refractivity contribution < 1.29 is 0 Å². The Balaban J connectivity index is 2.26. The minimum atomic E-state index is 1.15. The largest absolute Gasteiger partial charge is 0.103 e. The Morgan fingerprint density at radius 3 is 1.88 bits per heavy atom. The van der Waals surface area contributed by atoms with Gasteiger partial charge in [-0.15, -0.1) is 6.58 Å². The Hall–Kier alpha value is -1.04. The van der Waals surface area contributed by atoms with E-state index in [9.17, 15) is 0 Å². The van der Waals surface area contributed by atoms with Crippen LogP contribution in [0, 0.1) is 0 Å². The zero-order chi connectivity index (χ0) is 12.3. The van der Waals surface area contributed by atoms with Crippen molar-refractivity contribution in [3.63, 3.8) is 0 Å². The molecule has 1 rings (SSSR count). The van der Waals surface area contributed by atoms with E-state index in [0.29, 0.717) is 0 Å². The third-order valence-electron chi connectivity index (χ3n) is 3.22. The number of unbranched alkanes of at least 4 members (excludes halogenated alkanes) is 4. The van der Waals surface area contributed by atoms with Crippen LogP contribution in [0.4, 0.5) is 0 Å². The molecule has 0 saturated carbocycles. The van der Waals surface area contributed by atoms with Gasteiger partial charge in [-0.1, -0.05) is 50.1 Å². The van der Waals surface area contributed by atoms with E-state index in [2.05, 4.69) is 37.8 Å². The quantitative estimate of drug-likeness (QED) is 0.398. The van der Waals surface area contributed by atoms with E-state index in [4.69, 9.17) is 0 Å². The third kappa shape index (κ3) is 6.31. The summed E-state index contributed by atoms with van der Waals surface area (Å²) in [5, 5.41) is 0. The summed E-state index contributed by atoms with van der Waals surface area (Å²) in [6.45, 7) is 6.01. The van der Waals surface area contributed by atoms with Gasteiger partial charge in [0, 0.05) is 0 Å². The molecule has 1 aromatic carbocycles. The number of rotatable bonds is 9. The molecule has 1 aromatic rings. The number of aryl methyl sites for hydroxylation is 2. The molecule has 0 bridgehead atoms. The van der Waals surface area contributed by atoms with Crippen molar-refractivity contribution >= 4 is 0 Å². The molecule has 0 nitrogen and oxygen atoms in total. The van der Waals surface area contributed by atoms with Gasteiger partial charge in [-0.05, 0) is 49.7 Å². The minimum Gasteiger partial charge on any atom is -0.103 e. The standard InChI is InChI=1S/C17H26/c1-3-5-7-9-11-17-14-12-16(13-15-17)10-8-6-4-2/h3,12-15H,1,4-11H2,2H3. The van der Waals surface area contributed by atoms with Gasteiger partial charge in [0.2, 0.25) is 0 Å². The van der Waals surface area contributed by atoms with Gasteiger partial charge in [0.1, 0.15) is 0 Å². The molecule has 0 heteroatoms. The van der Waals surface area contributed by atoms with E-state index < -0.39 is 0 Å². The number of allylic oxidation sites excluding steroid dienone is 1. The van der Waals surface area contributed by atoms with E-state index >= 15 is 0 Å². The normalized spacial score (nSPS) is 10.4. The van der Waals surface area contributed by atoms with Crippen LogP contribution in [0.25, 0.3) is 0 Å². The Morgan fingerprint density at radius 2 is 1.41 bits per heavy atom. The molecule has 17 heavy (non-hydrogen) atoms. The lowest BCUT2D eigenvalue weighted by atomic mass is 10.0. The van der Waals surface area contributed by atoms with E-state index in [-0.39, 0.29) is 0 Å². The Bertz CT molecular complexity index is 294. The molecule has 0 amide bonds. The van der Waals surface area contributed by atoms with Crippen molar-refractivity contribution in [2.24, 2.45) is 0 Å². The minimum absolute atomic E-state index is 1.15. The van der Waals surface area contributed by atoms with Crippen molar-refractivity contribution in [2.45, 2.75) is 58.3 Å². The fourth-order valence-electron chi connectivity index (χ4n) is 2.07. The second-order valence-corrected chi connectivity index (χ2v) is 4.81. The number of hydrogen-bond donors (Lipinski definition) is 0. The van der Waals surface area contributed by atoms with Crippen LogP contribution in [0.1, 0.15) is 56.6 Å². The van der Waals surface area contributed by atoms with Crippen molar-refractivity contribution in [1.82, 2.24) is 0 Å². The van der Waals surface area contributed by atoms with Gasteiger partial charge in [0.25, 0.3) is 0 Å². The lowest BCUT2D eigenvalue weighted by Crippen LogP contribution is -1.89. The number of hydrogen-bond acceptors (Lipinski definition) is 0. The number of benzene rings is 1. The maximum atomic E-state index is 3.75. The third-order valence-corrected chi connectivity index (χ3v) is 3.22. The average molecular weight is 230 g/mol. The summed E-state index contributed by atoms with van der Waals surface area (Å²) in [6, 6.07) is 9.21. The summed E-state index contributed by atoms with van der Waals surface area (Å²) in [7, 11) is 0. The summed E-state index contributed by atoms with van der Waals surface area (Å²) >= 11 is 0. The fraction of sp³-hybridized carbons (Fsp3) is 0.529. The van der Waals surface area contributed by atoms with Gasteiger partial charge >= 0.3 is 0 Å². The first-order chi connectivity index (χ1) is 8.36. The molecule has 0 heterocycles. The Kier molecular flexibility index (Phi) is 7.46. The molecule has 0 aliphatic carbocycles. The second kappa shape index (κ2) is 9.04. The van der Waals surface area contributed by atoms with Crippen LogP contribution in [-0.4, -0.2) is 0 Å². The van der Waals surface area contributed by atoms with Gasteiger partial charge in [-0.25, -0.2) is 0 Å². The lowest BCUT2D eigenvalue weighted by molar-refractivity contribution is 0.716. The van der Waals surface area contributed by atoms with Gasteiger partial charge in [0.05, 0.1) is 0 Å². The van der Waals surface area contributed by atoms with Crippen LogP contribution in [0.15, 0.2) is 36.9 Å². The molecule has 0 N–H and O–H groups in total. The van der Waals surface area contributed by atoms with Crippen LogP contribution in [-0.2, 0) is 12.8 Å². The van der Waals surface area contributed by atoms with Crippen molar-refractivity contribution in [3.8, 4) is 0 Å². The summed E-state index contributed by atoms with van der Waals surface area (Å²) in [4.78, 5) is 0. The van der Waals surface area contributed by atoms with Crippen LogP contribution in [0.5, 0.6) is 0 Å². The van der Waals surface area contributed by atoms with E-state index in [1.54, 1.807) is 0 Å². The van der Waals surface area contributed by atoms with Crippen molar-refractivity contribution in [3.05, 3.63) is 48.0 Å². The molecule has 0 saturated heterocycles. The molecular weight excluding hydrogens is 204 g/mol. The summed E-state index contributed by atoms with van der Waals surface area (Å²) in [5.74, 6) is 0. The van der Waals surface area contributed by atoms with Crippen LogP contribution >= 0.6 is 0 Å². The topological polar surface area (TPSA) is 0 Å². The average Bonchev–Trinajstić information content (AvgIpc) is 2.37. The molecule has 0 unspecified atom stereocenters. The van der Waals surface area contributed by atoms with Gasteiger partial charge in [-0.3, -0.25) is 0 Å². The molecule has 0 fully saturated rings. The monoisotopic (exact) mass is 230 g/mol. The van der Waals surface area contributed by atoms with Gasteiger partial charge in [-0.2, -0.15) is 0 Å². The van der Waals surface area contributed by atoms with Crippen LogP contribution < -0.4 is 0 Å². The highest BCUT2D eigenvalue weighted by atomic mass is 14.0. The predicted molar refractivity (Wildman–Crippen MR) is 77.4 cm³/mol. The first-order valence-corrected chi connectivity index (χ1v) is 7.05. The zero-order valence-electron chi connectivity index (χ0n) is 11.3. The molecule has 94 valence electrons. The van der Waals surface area contributed by atoms with Crippen molar-refractivity contribution in [1.29, 1.82) is 0 Å². The van der Waals surface area contributed by atoms with Gasteiger partial charge in [0.15, 0.2) is 0 Å². The smallest absolute Gasteiger partial charge is 0.0279 e. The summed E-state index contributed by atoms with van der Waals surface area (Å²) < 4.78 is 0. The molecular formula is C17H26. The molecule has 0 aliphatic rings. The highest BCUT2D eigenvalue weighted by Gasteiger charge is 1.95. The summed E-state index contributed by atoms with van der Waals surface area (Å²) in [5.41, 5.74) is 2.97. The lowest BCUT2D eigenvalue weighted by Gasteiger charge is -2.04. The highest BCUT2D eigenvalue weighted by Crippen LogP contribution is 2.11. The SMILES string of the molecule is C=CCCCCc1ccc(CCCCC)cc1. The summed E-state index contributed by atoms with van der Waals surface area (Å²) in [6.07, 6.45) is 12.1. The zero-order valence-corrected chi connectivity index (χ0v) is 11.3. The maximum Gasteiger partial charge on any atom is -0.0279 e. The Labute approximate surface area is 107 Å². The van der Waals surface area contributed by atoms with E-state index in [1.165, 1.54) is 56.1 Å². The van der Waals surface area contributed by atoms with Crippen molar-refractivity contribution in [2.75, 3.05) is 0 Å². The van der Waals surface area contributed by atoms with E-state index in [1.807, 2.05) is 6.08 Å².